The van der Waals surface area contributed by atoms with Crippen molar-refractivity contribution >= 4 is 24.3 Å². The van der Waals surface area contributed by atoms with E-state index in [2.05, 4.69) is 10.1 Å². The van der Waals surface area contributed by atoms with Gasteiger partial charge in [-0.1, -0.05) is 78.4 Å². The standard InChI is InChI=1S/C30H32N3O6P/c1-21(18-33-19-22(2)28(34)31-30(33)36)16-17-40(37,39-27-15-9-13-25-12-7-8-14-26(25)27)32-23(3)29(35)38-20-24-10-5-4-6-11-24/h4-16,19,23H,17-18,20H2,1-3H3,(H,32,37)(H,31,34,36)/b21-16+/t23-,40?/m0/s1. The van der Waals surface area contributed by atoms with Gasteiger partial charge in [0.15, 0.2) is 0 Å². The van der Waals surface area contributed by atoms with E-state index in [0.29, 0.717) is 11.3 Å². The Morgan fingerprint density at radius 1 is 1.05 bits per heavy atom. The van der Waals surface area contributed by atoms with Gasteiger partial charge in [-0.3, -0.25) is 23.7 Å². The fraction of sp³-hybridized carbons (Fsp3) is 0.233. The van der Waals surface area contributed by atoms with Crippen LogP contribution in [-0.2, 0) is 27.2 Å². The Labute approximate surface area is 232 Å². The van der Waals surface area contributed by atoms with Crippen LogP contribution in [0.5, 0.6) is 5.75 Å². The molecule has 0 spiro atoms. The average Bonchev–Trinajstić information content (AvgIpc) is 2.94. The van der Waals surface area contributed by atoms with Gasteiger partial charge in [0.1, 0.15) is 18.4 Å². The highest BCUT2D eigenvalue weighted by molar-refractivity contribution is 7.57. The highest BCUT2D eigenvalue weighted by atomic mass is 31.2. The van der Waals surface area contributed by atoms with Gasteiger partial charge >= 0.3 is 19.2 Å². The summed E-state index contributed by atoms with van der Waals surface area (Å²) in [5.41, 5.74) is 0.988. The van der Waals surface area contributed by atoms with Crippen LogP contribution in [0.3, 0.4) is 0 Å². The van der Waals surface area contributed by atoms with Crippen LogP contribution in [0.1, 0.15) is 25.0 Å². The molecule has 0 fully saturated rings. The van der Waals surface area contributed by atoms with Crippen molar-refractivity contribution in [2.45, 2.75) is 40.0 Å². The van der Waals surface area contributed by atoms with Gasteiger partial charge in [0, 0.05) is 23.7 Å². The summed E-state index contributed by atoms with van der Waals surface area (Å²) in [7, 11) is -3.71. The molecule has 9 nitrogen and oxygen atoms in total. The maximum Gasteiger partial charge on any atom is 0.328 e. The lowest BCUT2D eigenvalue weighted by Gasteiger charge is -2.24. The lowest BCUT2D eigenvalue weighted by atomic mass is 10.1. The molecular formula is C30H32N3O6P. The number of carbonyl (C=O) groups excluding carboxylic acids is 1. The first-order valence-electron chi connectivity index (χ1n) is 12.8. The van der Waals surface area contributed by atoms with Crippen molar-refractivity contribution in [2.24, 2.45) is 0 Å². The van der Waals surface area contributed by atoms with Gasteiger partial charge in [0.05, 0.1) is 6.16 Å². The highest BCUT2D eigenvalue weighted by Crippen LogP contribution is 2.46. The molecule has 10 heteroatoms. The minimum Gasteiger partial charge on any atom is -0.460 e. The van der Waals surface area contributed by atoms with E-state index in [1.165, 1.54) is 10.8 Å². The molecule has 0 aliphatic heterocycles. The molecule has 0 saturated heterocycles. The molecule has 0 aliphatic carbocycles. The van der Waals surface area contributed by atoms with Gasteiger partial charge in [0.25, 0.3) is 5.56 Å². The number of fused-ring (bicyclic) bond motifs is 1. The van der Waals surface area contributed by atoms with Crippen LogP contribution in [0.25, 0.3) is 10.8 Å². The summed E-state index contributed by atoms with van der Waals surface area (Å²) in [6.07, 6.45) is 3.12. The predicted octanol–water partition coefficient (Wildman–Crippen LogP) is 4.94. The Morgan fingerprint density at radius 2 is 1.75 bits per heavy atom. The van der Waals surface area contributed by atoms with Gasteiger partial charge in [-0.2, -0.15) is 0 Å². The topological polar surface area (TPSA) is 119 Å². The van der Waals surface area contributed by atoms with E-state index in [1.54, 1.807) is 32.9 Å². The summed E-state index contributed by atoms with van der Waals surface area (Å²) in [6, 6.07) is 21.4. The van der Waals surface area contributed by atoms with Crippen molar-refractivity contribution in [2.75, 3.05) is 6.16 Å². The molecular weight excluding hydrogens is 529 g/mol. The van der Waals surface area contributed by atoms with Gasteiger partial charge in [0.2, 0.25) is 0 Å². The van der Waals surface area contributed by atoms with E-state index < -0.39 is 30.8 Å². The molecule has 0 radical (unpaired) electrons. The monoisotopic (exact) mass is 561 g/mol. The molecule has 3 aromatic carbocycles. The number of nitrogens with zero attached hydrogens (tertiary/aromatic N) is 1. The summed E-state index contributed by atoms with van der Waals surface area (Å²) in [5.74, 6) is -0.154. The molecule has 4 aromatic rings. The Bertz CT molecular complexity index is 1690. The van der Waals surface area contributed by atoms with Crippen LogP contribution in [-0.4, -0.2) is 27.7 Å². The average molecular weight is 562 g/mol. The molecule has 0 saturated carbocycles. The fourth-order valence-corrected chi connectivity index (χ4v) is 6.05. The molecule has 4 rings (SSSR count). The summed E-state index contributed by atoms with van der Waals surface area (Å²) in [5, 5.41) is 4.59. The normalized spacial score (nSPS) is 13.9. The fourth-order valence-electron chi connectivity index (χ4n) is 4.10. The van der Waals surface area contributed by atoms with Crippen LogP contribution in [0.4, 0.5) is 0 Å². The molecule has 1 unspecified atom stereocenters. The first kappa shape index (κ1) is 28.8. The molecule has 0 amide bonds. The first-order valence-corrected chi connectivity index (χ1v) is 14.7. The van der Waals surface area contributed by atoms with E-state index in [9.17, 15) is 18.9 Å². The summed E-state index contributed by atoms with van der Waals surface area (Å²) in [6.45, 7) is 5.24. The molecule has 0 aliphatic rings. The zero-order valence-corrected chi connectivity index (χ0v) is 23.5. The Hall–Kier alpha value is -4.20. The van der Waals surface area contributed by atoms with Crippen molar-refractivity contribution in [3.63, 3.8) is 0 Å². The number of aryl methyl sites for hydroxylation is 1. The van der Waals surface area contributed by atoms with Crippen molar-refractivity contribution in [3.05, 3.63) is 123 Å². The summed E-state index contributed by atoms with van der Waals surface area (Å²) >= 11 is 0. The number of aromatic amines is 1. The number of carbonyl (C=O) groups is 1. The van der Waals surface area contributed by atoms with Crippen molar-refractivity contribution in [1.82, 2.24) is 14.6 Å². The summed E-state index contributed by atoms with van der Waals surface area (Å²) in [4.78, 5) is 39.0. The predicted molar refractivity (Wildman–Crippen MR) is 156 cm³/mol. The lowest BCUT2D eigenvalue weighted by Crippen LogP contribution is -2.35. The molecule has 2 N–H and O–H groups in total. The van der Waals surface area contributed by atoms with Crippen molar-refractivity contribution in [3.8, 4) is 5.75 Å². The number of ether oxygens (including phenoxy) is 1. The smallest absolute Gasteiger partial charge is 0.328 e. The number of benzene rings is 3. The number of nitrogens with one attached hydrogen (secondary N) is 2. The molecule has 208 valence electrons. The van der Waals surface area contributed by atoms with Crippen LogP contribution < -0.4 is 20.9 Å². The van der Waals surface area contributed by atoms with Crippen molar-refractivity contribution < 1.29 is 18.6 Å². The zero-order chi connectivity index (χ0) is 28.7. The third-order valence-corrected chi connectivity index (χ3v) is 8.19. The third-order valence-electron chi connectivity index (χ3n) is 6.25. The maximum absolute atomic E-state index is 14.2. The molecule has 40 heavy (non-hydrogen) atoms. The van der Waals surface area contributed by atoms with Gasteiger partial charge in [-0.05, 0) is 37.8 Å². The van der Waals surface area contributed by atoms with Gasteiger partial charge in [-0.15, -0.1) is 0 Å². The molecule has 1 aromatic heterocycles. The summed E-state index contributed by atoms with van der Waals surface area (Å²) < 4.78 is 27.2. The van der Waals surface area contributed by atoms with E-state index in [-0.39, 0.29) is 19.3 Å². The second-order valence-corrected chi connectivity index (χ2v) is 11.8. The number of esters is 1. The number of aromatic nitrogens is 2. The van der Waals surface area contributed by atoms with E-state index in [4.69, 9.17) is 9.26 Å². The largest absolute Gasteiger partial charge is 0.460 e. The minimum absolute atomic E-state index is 0.0601. The van der Waals surface area contributed by atoms with Gasteiger partial charge < -0.3 is 9.26 Å². The molecule has 0 bridgehead atoms. The number of hydrogen-bond acceptors (Lipinski definition) is 6. The SMILES string of the molecule is C/C(=C\CP(=O)(N[C@@H](C)C(=O)OCc1ccccc1)Oc1cccc2ccccc12)Cn1cc(C)c(=O)[nH]c1=O. The second kappa shape index (κ2) is 12.8. The van der Waals surface area contributed by atoms with E-state index >= 15 is 0 Å². The van der Waals surface area contributed by atoms with Crippen LogP contribution in [0.15, 0.2) is 100 Å². The lowest BCUT2D eigenvalue weighted by molar-refractivity contribution is -0.146. The van der Waals surface area contributed by atoms with Crippen LogP contribution in [0, 0.1) is 6.92 Å². The van der Waals surface area contributed by atoms with Crippen molar-refractivity contribution in [1.29, 1.82) is 0 Å². The number of H-pyrrole nitrogens is 1. The number of rotatable bonds is 11. The van der Waals surface area contributed by atoms with Crippen LogP contribution >= 0.6 is 7.52 Å². The first-order chi connectivity index (χ1) is 19.1. The third kappa shape index (κ3) is 7.46. The van der Waals surface area contributed by atoms with E-state index in [1.807, 2.05) is 66.7 Å². The van der Waals surface area contributed by atoms with E-state index in [0.717, 1.165) is 21.9 Å². The van der Waals surface area contributed by atoms with Gasteiger partial charge in [-0.25, -0.2) is 9.88 Å². The highest BCUT2D eigenvalue weighted by Gasteiger charge is 2.30. The Kier molecular flexibility index (Phi) is 9.19. The Morgan fingerprint density at radius 3 is 2.52 bits per heavy atom. The minimum atomic E-state index is -3.71. The van der Waals surface area contributed by atoms with Crippen LogP contribution in [0.2, 0.25) is 0 Å². The Balaban J connectivity index is 1.56. The molecule has 1 heterocycles. The number of allylic oxidation sites excluding steroid dienone is 2. The number of hydrogen-bond donors (Lipinski definition) is 2. The second-order valence-electron chi connectivity index (χ2n) is 9.62. The quantitative estimate of drug-likeness (QED) is 0.151. The molecule has 2 atom stereocenters. The maximum atomic E-state index is 14.2. The zero-order valence-electron chi connectivity index (χ0n) is 22.6.